The van der Waals surface area contributed by atoms with Gasteiger partial charge in [-0.25, -0.2) is 4.98 Å². The summed E-state index contributed by atoms with van der Waals surface area (Å²) in [5, 5.41) is 4.04. The monoisotopic (exact) mass is 350 g/mol. The van der Waals surface area contributed by atoms with Crippen molar-refractivity contribution in [2.75, 3.05) is 16.8 Å². The third kappa shape index (κ3) is 3.05. The lowest BCUT2D eigenvalue weighted by Gasteiger charge is -2.20. The zero-order valence-electron chi connectivity index (χ0n) is 14.3. The van der Waals surface area contributed by atoms with Crippen LogP contribution in [0.3, 0.4) is 0 Å². The molecule has 0 amide bonds. The number of fused-ring (bicyclic) bond motifs is 1. The lowest BCUT2D eigenvalue weighted by molar-refractivity contribution is 0.959. The van der Waals surface area contributed by atoms with Crippen molar-refractivity contribution < 1.29 is 0 Å². The first-order valence-electron chi connectivity index (χ1n) is 8.35. The van der Waals surface area contributed by atoms with Crippen molar-refractivity contribution in [1.29, 1.82) is 0 Å². The van der Waals surface area contributed by atoms with Crippen LogP contribution < -0.4 is 10.2 Å². The molecule has 126 valence electrons. The Kier molecular flexibility index (Phi) is 4.06. The zero-order valence-corrected chi connectivity index (χ0v) is 15.0. The number of nitrogens with zero attached hydrogens (tertiary/aromatic N) is 3. The van der Waals surface area contributed by atoms with Crippen molar-refractivity contribution in [3.8, 4) is 0 Å². The van der Waals surface area contributed by atoms with Gasteiger partial charge in [0.05, 0.1) is 0 Å². The summed E-state index contributed by atoms with van der Waals surface area (Å²) in [5.41, 5.74) is 5.43. The highest BCUT2D eigenvalue weighted by atomic mass is 35.5. The first-order valence-corrected chi connectivity index (χ1v) is 8.73. The molecular formula is C20H19ClN4. The highest BCUT2D eigenvalue weighted by molar-refractivity contribution is 6.31. The largest absolute Gasteiger partial charge is 0.326 e. The number of hydrogen-bond acceptors (Lipinski definition) is 4. The van der Waals surface area contributed by atoms with Gasteiger partial charge in [0.2, 0.25) is 5.95 Å². The van der Waals surface area contributed by atoms with Crippen LogP contribution in [0.15, 0.2) is 48.5 Å². The van der Waals surface area contributed by atoms with Crippen LogP contribution in [0.25, 0.3) is 0 Å². The number of benzene rings is 2. The molecule has 1 N–H and O–H groups in total. The normalized spacial score (nSPS) is 13.0. The molecule has 0 aliphatic carbocycles. The second-order valence-electron chi connectivity index (χ2n) is 6.26. The Morgan fingerprint density at radius 3 is 2.76 bits per heavy atom. The topological polar surface area (TPSA) is 41.1 Å². The Bertz CT molecular complexity index is 939. The second-order valence-corrected chi connectivity index (χ2v) is 6.67. The van der Waals surface area contributed by atoms with Crippen LogP contribution >= 0.6 is 11.6 Å². The van der Waals surface area contributed by atoms with Crippen molar-refractivity contribution >= 4 is 34.7 Å². The first kappa shape index (κ1) is 15.9. The maximum atomic E-state index is 6.21. The van der Waals surface area contributed by atoms with Crippen molar-refractivity contribution in [2.45, 2.75) is 20.3 Å². The molecule has 4 nitrogen and oxygen atoms in total. The number of rotatable bonds is 3. The van der Waals surface area contributed by atoms with Gasteiger partial charge in [-0.15, -0.1) is 0 Å². The number of hydrogen-bond donors (Lipinski definition) is 1. The average molecular weight is 351 g/mol. The van der Waals surface area contributed by atoms with Gasteiger partial charge in [-0.05, 0) is 49.6 Å². The predicted molar refractivity (Wildman–Crippen MR) is 103 cm³/mol. The number of aromatic nitrogens is 2. The minimum atomic E-state index is 0.588. The van der Waals surface area contributed by atoms with Crippen LogP contribution in [0.2, 0.25) is 5.02 Å². The molecule has 25 heavy (non-hydrogen) atoms. The molecule has 0 atom stereocenters. The Morgan fingerprint density at radius 2 is 1.88 bits per heavy atom. The van der Waals surface area contributed by atoms with Crippen molar-refractivity contribution in [3.05, 3.63) is 70.4 Å². The van der Waals surface area contributed by atoms with Crippen molar-refractivity contribution in [3.63, 3.8) is 0 Å². The highest BCUT2D eigenvalue weighted by Gasteiger charge is 2.21. The van der Waals surface area contributed by atoms with E-state index in [1.165, 1.54) is 11.3 Å². The van der Waals surface area contributed by atoms with E-state index in [2.05, 4.69) is 39.5 Å². The molecule has 1 aliphatic heterocycles. The molecule has 0 fully saturated rings. The van der Waals surface area contributed by atoms with Gasteiger partial charge in [0.1, 0.15) is 5.82 Å². The van der Waals surface area contributed by atoms with E-state index in [1.807, 2.05) is 38.1 Å². The van der Waals surface area contributed by atoms with Gasteiger partial charge >= 0.3 is 0 Å². The summed E-state index contributed by atoms with van der Waals surface area (Å²) in [7, 11) is 0. The minimum Gasteiger partial charge on any atom is -0.326 e. The lowest BCUT2D eigenvalue weighted by atomic mass is 10.2. The maximum Gasteiger partial charge on any atom is 0.229 e. The fourth-order valence-electron chi connectivity index (χ4n) is 3.19. The smallest absolute Gasteiger partial charge is 0.229 e. The Morgan fingerprint density at radius 1 is 1.04 bits per heavy atom. The molecule has 3 aromatic rings. The van der Waals surface area contributed by atoms with Crippen LogP contribution in [-0.2, 0) is 6.42 Å². The molecular weight excluding hydrogens is 332 g/mol. The average Bonchev–Trinajstić information content (AvgIpc) is 3.03. The van der Waals surface area contributed by atoms with E-state index < -0.39 is 0 Å². The van der Waals surface area contributed by atoms with E-state index in [4.69, 9.17) is 16.6 Å². The minimum absolute atomic E-state index is 0.588. The van der Waals surface area contributed by atoms with E-state index >= 15 is 0 Å². The number of anilines is 4. The van der Waals surface area contributed by atoms with Gasteiger partial charge in [0.25, 0.3) is 0 Å². The van der Waals surface area contributed by atoms with Crippen LogP contribution in [-0.4, -0.2) is 16.5 Å². The lowest BCUT2D eigenvalue weighted by Crippen LogP contribution is -2.16. The molecule has 1 aliphatic rings. The summed E-state index contributed by atoms with van der Waals surface area (Å²) < 4.78 is 0. The van der Waals surface area contributed by atoms with E-state index in [0.29, 0.717) is 5.95 Å². The van der Waals surface area contributed by atoms with Gasteiger partial charge in [-0.2, -0.15) is 4.98 Å². The molecule has 0 saturated carbocycles. The quantitative estimate of drug-likeness (QED) is 0.706. The molecule has 0 radical (unpaired) electrons. The number of halogens is 1. The first-order chi connectivity index (χ1) is 12.1. The SMILES string of the molecule is Cc1cc(N2CCc3ccccc32)nc(Nc2cccc(Cl)c2C)n1. The van der Waals surface area contributed by atoms with Crippen LogP contribution in [0.1, 0.15) is 16.8 Å². The van der Waals surface area contributed by atoms with Gasteiger partial charge in [0, 0.05) is 34.7 Å². The zero-order chi connectivity index (χ0) is 17.4. The Balaban J connectivity index is 1.69. The molecule has 0 saturated heterocycles. The van der Waals surface area contributed by atoms with Crippen LogP contribution in [0.4, 0.5) is 23.1 Å². The van der Waals surface area contributed by atoms with Crippen LogP contribution in [0, 0.1) is 13.8 Å². The molecule has 5 heteroatoms. The van der Waals surface area contributed by atoms with Crippen molar-refractivity contribution in [1.82, 2.24) is 9.97 Å². The molecule has 1 aromatic heterocycles. The van der Waals surface area contributed by atoms with Gasteiger partial charge in [-0.3, -0.25) is 0 Å². The summed E-state index contributed by atoms with van der Waals surface area (Å²) in [5.74, 6) is 1.50. The second kappa shape index (κ2) is 6.37. The van der Waals surface area contributed by atoms with E-state index in [9.17, 15) is 0 Å². The van der Waals surface area contributed by atoms with Gasteiger partial charge in [-0.1, -0.05) is 35.9 Å². The van der Waals surface area contributed by atoms with E-state index in [1.54, 1.807) is 0 Å². The molecule has 0 unspecified atom stereocenters. The van der Waals surface area contributed by atoms with Crippen molar-refractivity contribution in [2.24, 2.45) is 0 Å². The van der Waals surface area contributed by atoms with Gasteiger partial charge < -0.3 is 10.2 Å². The van der Waals surface area contributed by atoms with E-state index in [0.717, 1.165) is 40.8 Å². The predicted octanol–water partition coefficient (Wildman–Crippen LogP) is 5.18. The fraction of sp³-hybridized carbons (Fsp3) is 0.200. The van der Waals surface area contributed by atoms with Gasteiger partial charge in [0.15, 0.2) is 0 Å². The summed E-state index contributed by atoms with van der Waals surface area (Å²) in [6.45, 7) is 4.91. The summed E-state index contributed by atoms with van der Waals surface area (Å²) >= 11 is 6.21. The standard InChI is InChI=1S/C20H19ClN4/c1-13-12-19(25-11-10-15-6-3-4-9-18(15)25)24-20(22-13)23-17-8-5-7-16(21)14(17)2/h3-9,12H,10-11H2,1-2H3,(H,22,23,24). The highest BCUT2D eigenvalue weighted by Crippen LogP contribution is 2.34. The maximum absolute atomic E-state index is 6.21. The molecule has 2 heterocycles. The molecule has 2 aromatic carbocycles. The van der Waals surface area contributed by atoms with Crippen LogP contribution in [0.5, 0.6) is 0 Å². The summed E-state index contributed by atoms with van der Waals surface area (Å²) in [6, 6.07) is 16.3. The number of para-hydroxylation sites is 1. The Hall–Kier alpha value is -2.59. The number of aryl methyl sites for hydroxylation is 1. The fourth-order valence-corrected chi connectivity index (χ4v) is 3.36. The third-order valence-corrected chi connectivity index (χ3v) is 4.93. The summed E-state index contributed by atoms with van der Waals surface area (Å²) in [4.78, 5) is 11.5. The molecule has 0 spiro atoms. The van der Waals surface area contributed by atoms with E-state index in [-0.39, 0.29) is 0 Å². The Labute approximate surface area is 152 Å². The number of nitrogens with one attached hydrogen (secondary N) is 1. The molecule has 4 rings (SSSR count). The third-order valence-electron chi connectivity index (χ3n) is 4.52. The summed E-state index contributed by atoms with van der Waals surface area (Å²) in [6.07, 6.45) is 1.04. The molecule has 0 bridgehead atoms.